The molecule has 0 aliphatic carbocycles. The minimum absolute atomic E-state index is 0.207. The Balaban J connectivity index is 1.18. The van der Waals surface area contributed by atoms with Gasteiger partial charge in [0.15, 0.2) is 23.1 Å². The molecule has 9 heteroatoms. The second kappa shape index (κ2) is 11.3. The van der Waals surface area contributed by atoms with E-state index < -0.39 is 6.04 Å². The number of carbonyl (C=O) groups is 2. The third kappa shape index (κ3) is 5.34. The zero-order valence-electron chi connectivity index (χ0n) is 24.3. The highest BCUT2D eigenvalue weighted by molar-refractivity contribution is 5.97. The molecule has 4 aromatic rings. The molecule has 9 nitrogen and oxygen atoms in total. The molecule has 2 aromatic heterocycles. The number of hydrogen-bond donors (Lipinski definition) is 1. The van der Waals surface area contributed by atoms with Gasteiger partial charge in [-0.25, -0.2) is 4.98 Å². The zero-order chi connectivity index (χ0) is 29.4. The molecule has 1 unspecified atom stereocenters. The summed E-state index contributed by atoms with van der Waals surface area (Å²) >= 11 is 0. The van der Waals surface area contributed by atoms with E-state index in [4.69, 9.17) is 13.9 Å². The number of benzene rings is 2. The van der Waals surface area contributed by atoms with Crippen LogP contribution in [0.3, 0.4) is 0 Å². The Labute approximate surface area is 244 Å². The van der Waals surface area contributed by atoms with Gasteiger partial charge in [0.2, 0.25) is 5.91 Å². The molecule has 2 aromatic carbocycles. The summed E-state index contributed by atoms with van der Waals surface area (Å²) in [6.45, 7) is 9.16. The molecule has 0 saturated carbocycles. The number of hydrogen-bond acceptors (Lipinski definition) is 7. The molecule has 6 rings (SSSR count). The number of rotatable bonds is 6. The van der Waals surface area contributed by atoms with Crippen molar-refractivity contribution in [2.24, 2.45) is 0 Å². The van der Waals surface area contributed by atoms with Crippen LogP contribution >= 0.6 is 0 Å². The normalized spacial score (nSPS) is 15.7. The molecule has 0 radical (unpaired) electrons. The Kier molecular flexibility index (Phi) is 7.41. The van der Waals surface area contributed by atoms with Crippen molar-refractivity contribution in [2.45, 2.75) is 53.1 Å². The maximum Gasteiger partial charge on any atom is 0.277 e. The number of ether oxygens (including phenoxy) is 2. The Morgan fingerprint density at radius 3 is 2.38 bits per heavy atom. The van der Waals surface area contributed by atoms with Crippen molar-refractivity contribution in [3.63, 3.8) is 0 Å². The summed E-state index contributed by atoms with van der Waals surface area (Å²) in [6.07, 6.45) is 2.86. The monoisotopic (exact) mass is 566 g/mol. The van der Waals surface area contributed by atoms with Crippen molar-refractivity contribution in [1.29, 1.82) is 0 Å². The third-order valence-electron chi connectivity index (χ3n) is 8.10. The summed E-state index contributed by atoms with van der Waals surface area (Å²) in [7, 11) is 0. The largest absolute Gasteiger partial charge is 0.486 e. The Morgan fingerprint density at radius 1 is 0.976 bits per heavy atom. The molecule has 42 heavy (non-hydrogen) atoms. The number of aromatic nitrogens is 2. The second-order valence-corrected chi connectivity index (χ2v) is 10.9. The van der Waals surface area contributed by atoms with Crippen LogP contribution in [0, 0.1) is 27.7 Å². The van der Waals surface area contributed by atoms with Gasteiger partial charge in [-0.2, -0.15) is 0 Å². The lowest BCUT2D eigenvalue weighted by atomic mass is 9.92. The highest BCUT2D eigenvalue weighted by Gasteiger charge is 2.37. The average molecular weight is 567 g/mol. The number of nitrogens with one attached hydrogen (secondary N) is 1. The van der Waals surface area contributed by atoms with E-state index in [0.717, 1.165) is 27.9 Å². The van der Waals surface area contributed by atoms with Gasteiger partial charge in [0.25, 0.3) is 5.91 Å². The van der Waals surface area contributed by atoms with Crippen LogP contribution in [-0.2, 0) is 24.2 Å². The number of pyridine rings is 1. The van der Waals surface area contributed by atoms with Crippen molar-refractivity contribution < 1.29 is 23.5 Å². The predicted octanol–water partition coefficient (Wildman–Crippen LogP) is 4.67. The van der Waals surface area contributed by atoms with Gasteiger partial charge in [0, 0.05) is 38.3 Å². The van der Waals surface area contributed by atoms with Gasteiger partial charge in [0.1, 0.15) is 25.0 Å². The fraction of sp³-hybridized carbons (Fsp3) is 0.333. The van der Waals surface area contributed by atoms with Crippen LogP contribution in [0.4, 0.5) is 0 Å². The van der Waals surface area contributed by atoms with Gasteiger partial charge in [-0.15, -0.1) is 0 Å². The van der Waals surface area contributed by atoms with Gasteiger partial charge in [-0.3, -0.25) is 14.6 Å². The van der Waals surface area contributed by atoms with Gasteiger partial charge in [-0.05, 0) is 78.8 Å². The molecule has 2 aliphatic heterocycles. The van der Waals surface area contributed by atoms with Gasteiger partial charge < -0.3 is 24.1 Å². The lowest BCUT2D eigenvalue weighted by Crippen LogP contribution is -2.53. The van der Waals surface area contributed by atoms with E-state index >= 15 is 0 Å². The van der Waals surface area contributed by atoms with Crippen molar-refractivity contribution >= 4 is 11.8 Å². The van der Waals surface area contributed by atoms with Crippen LogP contribution in [0.25, 0.3) is 11.1 Å². The highest BCUT2D eigenvalue weighted by Crippen LogP contribution is 2.37. The van der Waals surface area contributed by atoms with Crippen molar-refractivity contribution in [2.75, 3.05) is 19.8 Å². The molecule has 4 heterocycles. The molecule has 0 spiro atoms. The van der Waals surface area contributed by atoms with Crippen molar-refractivity contribution in [3.8, 4) is 22.6 Å². The minimum atomic E-state index is -0.704. The summed E-state index contributed by atoms with van der Waals surface area (Å²) in [5.41, 5.74) is 7.72. The molecule has 1 atom stereocenters. The first-order valence-electron chi connectivity index (χ1n) is 14.2. The van der Waals surface area contributed by atoms with Gasteiger partial charge >= 0.3 is 0 Å². The number of carbonyl (C=O) groups excluding carboxylic acids is 2. The number of aryl methyl sites for hydroxylation is 3. The first-order chi connectivity index (χ1) is 20.3. The van der Waals surface area contributed by atoms with Crippen LogP contribution in [0.15, 0.2) is 53.1 Å². The third-order valence-corrected chi connectivity index (χ3v) is 8.10. The molecule has 0 bridgehead atoms. The van der Waals surface area contributed by atoms with Crippen LogP contribution in [0.2, 0.25) is 0 Å². The van der Waals surface area contributed by atoms with E-state index in [1.807, 2.05) is 31.3 Å². The van der Waals surface area contributed by atoms with Gasteiger partial charge in [0.05, 0.1) is 0 Å². The smallest absolute Gasteiger partial charge is 0.277 e. The lowest BCUT2D eigenvalue weighted by Gasteiger charge is -2.36. The molecular weight excluding hydrogens is 532 g/mol. The topological polar surface area (TPSA) is 107 Å². The van der Waals surface area contributed by atoms with E-state index in [2.05, 4.69) is 46.5 Å². The van der Waals surface area contributed by atoms with E-state index in [0.29, 0.717) is 55.8 Å². The maximum absolute atomic E-state index is 13.7. The predicted molar refractivity (Wildman–Crippen MR) is 157 cm³/mol. The summed E-state index contributed by atoms with van der Waals surface area (Å²) < 4.78 is 17.1. The van der Waals surface area contributed by atoms with E-state index in [1.165, 1.54) is 11.1 Å². The van der Waals surface area contributed by atoms with Crippen LogP contribution in [0.1, 0.15) is 50.1 Å². The van der Waals surface area contributed by atoms with E-state index in [-0.39, 0.29) is 24.1 Å². The van der Waals surface area contributed by atoms with Crippen LogP contribution in [0.5, 0.6) is 11.5 Å². The second-order valence-electron chi connectivity index (χ2n) is 10.9. The molecule has 2 amide bonds. The Hall–Kier alpha value is -4.66. The van der Waals surface area contributed by atoms with Crippen LogP contribution < -0.4 is 14.8 Å². The molecule has 216 valence electrons. The number of fused-ring (bicyclic) bond motifs is 2. The molecule has 1 N–H and O–H groups in total. The summed E-state index contributed by atoms with van der Waals surface area (Å²) in [5, 5.41) is 3.07. The maximum atomic E-state index is 13.7. The summed E-state index contributed by atoms with van der Waals surface area (Å²) in [6, 6.07) is 13.6. The summed E-state index contributed by atoms with van der Waals surface area (Å²) in [4.78, 5) is 37.6. The fourth-order valence-corrected chi connectivity index (χ4v) is 5.69. The fourth-order valence-electron chi connectivity index (χ4n) is 5.69. The van der Waals surface area contributed by atoms with Crippen LogP contribution in [-0.4, -0.2) is 52.5 Å². The standard InChI is InChI=1S/C33H34N4O5/c1-19-20(2)34-12-10-27(19)24-7-5-23(6-8-24)9-11-35-32(38)28-15-25-16-29-30(41-14-13-40-29)17-26(25)18-37(28)33(39)31-21(3)42-22(4)36-31/h5-8,10,12,16-17,28H,9,11,13-15,18H2,1-4H3,(H,35,38). The molecule has 0 saturated heterocycles. The average Bonchev–Trinajstić information content (AvgIpc) is 3.34. The first-order valence-corrected chi connectivity index (χ1v) is 14.2. The van der Waals surface area contributed by atoms with Crippen molar-refractivity contribution in [1.82, 2.24) is 20.2 Å². The van der Waals surface area contributed by atoms with E-state index in [1.54, 1.807) is 18.7 Å². The van der Waals surface area contributed by atoms with Gasteiger partial charge in [-0.1, -0.05) is 24.3 Å². The highest BCUT2D eigenvalue weighted by atomic mass is 16.6. The number of nitrogens with zero attached hydrogens (tertiary/aromatic N) is 3. The Morgan fingerprint density at radius 2 is 1.69 bits per heavy atom. The summed E-state index contributed by atoms with van der Waals surface area (Å²) in [5.74, 6) is 1.63. The number of amides is 2. The SMILES string of the molecule is Cc1nc(C(=O)N2Cc3cc4c(cc3CC2C(=O)NCCc2ccc(-c3ccnc(C)c3C)cc2)OCCO4)c(C)o1. The quantitative estimate of drug-likeness (QED) is 0.362. The van der Waals surface area contributed by atoms with Crippen molar-refractivity contribution in [3.05, 3.63) is 94.0 Å². The van der Waals surface area contributed by atoms with E-state index in [9.17, 15) is 9.59 Å². The molecular formula is C33H34N4O5. The lowest BCUT2D eigenvalue weighted by molar-refractivity contribution is -0.126. The Bertz CT molecular complexity index is 1660. The zero-order valence-corrected chi connectivity index (χ0v) is 24.3. The number of oxazole rings is 1. The first kappa shape index (κ1) is 27.5. The minimum Gasteiger partial charge on any atom is -0.486 e. The molecule has 0 fully saturated rings. The molecule has 2 aliphatic rings.